The van der Waals surface area contributed by atoms with Crippen LogP contribution in [0.5, 0.6) is 0 Å². The first-order chi connectivity index (χ1) is 7.92. The van der Waals surface area contributed by atoms with Crippen LogP contribution in [0, 0.1) is 0 Å². The maximum atomic E-state index is 12.2. The number of nitrogens with zero attached hydrogens (tertiary/aromatic N) is 2. The van der Waals surface area contributed by atoms with Gasteiger partial charge in [0.2, 0.25) is 0 Å². The zero-order valence-electron chi connectivity index (χ0n) is 10.6. The highest BCUT2D eigenvalue weighted by atomic mass is 19.4. The summed E-state index contributed by atoms with van der Waals surface area (Å²) in [6, 6.07) is 0.392. The monoisotopic (exact) mass is 253 g/mol. The standard InChI is InChI=1S/C11H22F3N3/c1-3-15-8-10(2)17-6-4-16(5-7-17)9-11(12,13)14/h10,15H,3-9H2,1-2H3. The lowest BCUT2D eigenvalue weighted by Gasteiger charge is -2.38. The Labute approximate surface area is 101 Å². The van der Waals surface area contributed by atoms with E-state index >= 15 is 0 Å². The van der Waals surface area contributed by atoms with Gasteiger partial charge < -0.3 is 5.32 Å². The highest BCUT2D eigenvalue weighted by Gasteiger charge is 2.32. The Balaban J connectivity index is 2.25. The highest BCUT2D eigenvalue weighted by molar-refractivity contribution is 4.78. The van der Waals surface area contributed by atoms with E-state index in [4.69, 9.17) is 0 Å². The fraction of sp³-hybridized carbons (Fsp3) is 1.00. The van der Waals surface area contributed by atoms with Crippen LogP contribution >= 0.6 is 0 Å². The maximum Gasteiger partial charge on any atom is 0.401 e. The van der Waals surface area contributed by atoms with Crippen molar-refractivity contribution in [1.82, 2.24) is 15.1 Å². The Kier molecular flexibility index (Phi) is 5.69. The molecule has 0 bridgehead atoms. The molecule has 1 N–H and O–H groups in total. The molecule has 6 heteroatoms. The summed E-state index contributed by atoms with van der Waals surface area (Å²) in [5.41, 5.74) is 0. The second-order valence-electron chi connectivity index (χ2n) is 4.58. The zero-order valence-corrected chi connectivity index (χ0v) is 10.6. The summed E-state index contributed by atoms with van der Waals surface area (Å²) in [5, 5.41) is 3.26. The highest BCUT2D eigenvalue weighted by Crippen LogP contribution is 2.17. The van der Waals surface area contributed by atoms with Gasteiger partial charge in [0.1, 0.15) is 0 Å². The molecule has 0 saturated carbocycles. The Morgan fingerprint density at radius 2 is 1.76 bits per heavy atom. The summed E-state index contributed by atoms with van der Waals surface area (Å²) in [4.78, 5) is 3.73. The van der Waals surface area contributed by atoms with E-state index in [0.29, 0.717) is 19.1 Å². The molecule has 1 heterocycles. The van der Waals surface area contributed by atoms with Crippen LogP contribution in [-0.4, -0.2) is 67.8 Å². The SMILES string of the molecule is CCNCC(C)N1CCN(CC(F)(F)F)CC1. The van der Waals surface area contributed by atoms with E-state index in [0.717, 1.165) is 26.2 Å². The second kappa shape index (κ2) is 6.56. The summed E-state index contributed by atoms with van der Waals surface area (Å²) in [6.45, 7) is 7.68. The van der Waals surface area contributed by atoms with Crippen molar-refractivity contribution in [2.45, 2.75) is 26.1 Å². The van der Waals surface area contributed by atoms with Gasteiger partial charge in [-0.3, -0.25) is 9.80 Å². The van der Waals surface area contributed by atoms with Crippen LogP contribution in [0.2, 0.25) is 0 Å². The molecule has 0 spiro atoms. The lowest BCUT2D eigenvalue weighted by molar-refractivity contribution is -0.149. The summed E-state index contributed by atoms with van der Waals surface area (Å²) in [7, 11) is 0. The number of alkyl halides is 3. The van der Waals surface area contributed by atoms with Crippen molar-refractivity contribution >= 4 is 0 Å². The molecule has 1 rings (SSSR count). The van der Waals surface area contributed by atoms with Gasteiger partial charge >= 0.3 is 6.18 Å². The predicted octanol–water partition coefficient (Wildman–Crippen LogP) is 1.16. The number of nitrogens with one attached hydrogen (secondary N) is 1. The van der Waals surface area contributed by atoms with Crippen molar-refractivity contribution in [3.63, 3.8) is 0 Å². The van der Waals surface area contributed by atoms with Gasteiger partial charge in [-0.1, -0.05) is 6.92 Å². The molecular formula is C11H22F3N3. The maximum absolute atomic E-state index is 12.2. The van der Waals surface area contributed by atoms with Crippen molar-refractivity contribution in [3.05, 3.63) is 0 Å². The van der Waals surface area contributed by atoms with Crippen molar-refractivity contribution in [1.29, 1.82) is 0 Å². The number of piperazine rings is 1. The average Bonchev–Trinajstić information content (AvgIpc) is 2.24. The number of likely N-dealkylation sites (N-methyl/N-ethyl adjacent to an activating group) is 1. The average molecular weight is 253 g/mol. The Bertz CT molecular complexity index is 212. The summed E-state index contributed by atoms with van der Waals surface area (Å²) in [6.07, 6.45) is -4.07. The van der Waals surface area contributed by atoms with Gasteiger partial charge in [-0.15, -0.1) is 0 Å². The van der Waals surface area contributed by atoms with Gasteiger partial charge in [0, 0.05) is 38.8 Å². The molecule has 17 heavy (non-hydrogen) atoms. The lowest BCUT2D eigenvalue weighted by Crippen LogP contribution is -2.53. The first-order valence-corrected chi connectivity index (χ1v) is 6.16. The minimum atomic E-state index is -4.07. The number of hydrogen-bond donors (Lipinski definition) is 1. The Hall–Kier alpha value is -0.330. The van der Waals surface area contributed by atoms with Crippen LogP contribution < -0.4 is 5.32 Å². The van der Waals surface area contributed by atoms with E-state index in [2.05, 4.69) is 17.1 Å². The third-order valence-electron chi connectivity index (χ3n) is 3.12. The molecule has 1 aliphatic heterocycles. The van der Waals surface area contributed by atoms with E-state index in [-0.39, 0.29) is 0 Å². The Morgan fingerprint density at radius 1 is 1.18 bits per heavy atom. The van der Waals surface area contributed by atoms with Gasteiger partial charge in [-0.2, -0.15) is 13.2 Å². The van der Waals surface area contributed by atoms with Crippen molar-refractivity contribution in [2.75, 3.05) is 45.8 Å². The third-order valence-corrected chi connectivity index (χ3v) is 3.12. The zero-order chi connectivity index (χ0) is 12.9. The number of halogens is 3. The van der Waals surface area contributed by atoms with E-state index in [1.54, 1.807) is 0 Å². The van der Waals surface area contributed by atoms with Gasteiger partial charge in [-0.05, 0) is 13.5 Å². The van der Waals surface area contributed by atoms with Gasteiger partial charge in [0.15, 0.2) is 0 Å². The van der Waals surface area contributed by atoms with Crippen LogP contribution in [0.4, 0.5) is 13.2 Å². The topological polar surface area (TPSA) is 18.5 Å². The molecule has 1 aliphatic rings. The fourth-order valence-corrected chi connectivity index (χ4v) is 2.10. The first-order valence-electron chi connectivity index (χ1n) is 6.16. The molecule has 0 aromatic rings. The smallest absolute Gasteiger partial charge is 0.315 e. The van der Waals surface area contributed by atoms with E-state index in [1.165, 1.54) is 4.90 Å². The van der Waals surface area contributed by atoms with Crippen LogP contribution in [0.1, 0.15) is 13.8 Å². The molecule has 0 aromatic carbocycles. The Morgan fingerprint density at radius 3 is 2.24 bits per heavy atom. The largest absolute Gasteiger partial charge is 0.401 e. The van der Waals surface area contributed by atoms with Crippen LogP contribution in [0.3, 0.4) is 0 Å². The molecule has 0 aromatic heterocycles. The second-order valence-corrected chi connectivity index (χ2v) is 4.58. The number of rotatable bonds is 5. The summed E-state index contributed by atoms with van der Waals surface area (Å²) < 4.78 is 36.6. The third kappa shape index (κ3) is 5.70. The molecule has 0 aliphatic carbocycles. The summed E-state index contributed by atoms with van der Waals surface area (Å²) in [5.74, 6) is 0. The molecule has 0 amide bonds. The van der Waals surface area contributed by atoms with Crippen molar-refractivity contribution < 1.29 is 13.2 Å². The first kappa shape index (κ1) is 14.7. The van der Waals surface area contributed by atoms with Crippen LogP contribution in [-0.2, 0) is 0 Å². The van der Waals surface area contributed by atoms with Crippen LogP contribution in [0.25, 0.3) is 0 Å². The minimum Gasteiger partial charge on any atom is -0.315 e. The van der Waals surface area contributed by atoms with E-state index in [1.807, 2.05) is 6.92 Å². The minimum absolute atomic E-state index is 0.392. The molecule has 1 saturated heterocycles. The van der Waals surface area contributed by atoms with E-state index < -0.39 is 12.7 Å². The van der Waals surface area contributed by atoms with Gasteiger partial charge in [0.25, 0.3) is 0 Å². The van der Waals surface area contributed by atoms with Gasteiger partial charge in [0.05, 0.1) is 6.54 Å². The number of hydrogen-bond acceptors (Lipinski definition) is 3. The molecule has 1 unspecified atom stereocenters. The quantitative estimate of drug-likeness (QED) is 0.793. The van der Waals surface area contributed by atoms with Crippen LogP contribution in [0.15, 0.2) is 0 Å². The molecule has 1 atom stereocenters. The summed E-state index contributed by atoms with van der Waals surface area (Å²) >= 11 is 0. The fourth-order valence-electron chi connectivity index (χ4n) is 2.10. The predicted molar refractivity (Wildman–Crippen MR) is 62.1 cm³/mol. The van der Waals surface area contributed by atoms with Crippen molar-refractivity contribution in [3.8, 4) is 0 Å². The van der Waals surface area contributed by atoms with Crippen molar-refractivity contribution in [2.24, 2.45) is 0 Å². The molecule has 3 nitrogen and oxygen atoms in total. The molecule has 0 radical (unpaired) electrons. The molecule has 1 fully saturated rings. The molecular weight excluding hydrogens is 231 g/mol. The lowest BCUT2D eigenvalue weighted by atomic mass is 10.2. The normalized spacial score (nSPS) is 21.7. The molecule has 102 valence electrons. The van der Waals surface area contributed by atoms with E-state index in [9.17, 15) is 13.2 Å². The van der Waals surface area contributed by atoms with Gasteiger partial charge in [-0.25, -0.2) is 0 Å².